The maximum Gasteiger partial charge on any atom is 0.408 e. The Hall–Kier alpha value is -2.08. The number of carboxylic acid groups (broad SMARTS) is 1. The molecule has 23 heavy (non-hydrogen) atoms. The lowest BCUT2D eigenvalue weighted by Gasteiger charge is -2.16. The molecule has 0 saturated heterocycles. The molecule has 1 aliphatic rings. The van der Waals surface area contributed by atoms with Crippen LogP contribution in [0.15, 0.2) is 30.3 Å². The van der Waals surface area contributed by atoms with Gasteiger partial charge in [0, 0.05) is 13.0 Å². The lowest BCUT2D eigenvalue weighted by molar-refractivity contribution is -0.140. The van der Waals surface area contributed by atoms with E-state index in [1.807, 2.05) is 30.3 Å². The van der Waals surface area contributed by atoms with Crippen molar-refractivity contribution >= 4 is 12.1 Å². The average Bonchev–Trinajstić information content (AvgIpc) is 3.06. The SMILES string of the molecule is O=C(NC(CCOC1CCCC1)C(=O)O)OCc1ccccc1. The molecule has 1 aromatic carbocycles. The van der Waals surface area contributed by atoms with Gasteiger partial charge in [-0.3, -0.25) is 0 Å². The van der Waals surface area contributed by atoms with Crippen molar-refractivity contribution in [2.75, 3.05) is 6.61 Å². The second kappa shape index (κ2) is 9.15. The topological polar surface area (TPSA) is 84.9 Å². The molecule has 1 unspecified atom stereocenters. The van der Waals surface area contributed by atoms with Crippen LogP contribution in [0.2, 0.25) is 0 Å². The molecule has 0 aliphatic heterocycles. The molecule has 0 bridgehead atoms. The molecule has 1 amide bonds. The highest BCUT2D eigenvalue weighted by Gasteiger charge is 2.22. The molecule has 1 saturated carbocycles. The first-order valence-electron chi connectivity index (χ1n) is 7.97. The second-order valence-corrected chi connectivity index (χ2v) is 5.66. The number of carbonyl (C=O) groups excluding carboxylic acids is 1. The minimum Gasteiger partial charge on any atom is -0.480 e. The van der Waals surface area contributed by atoms with E-state index in [4.69, 9.17) is 9.47 Å². The van der Waals surface area contributed by atoms with Crippen LogP contribution < -0.4 is 5.32 Å². The van der Waals surface area contributed by atoms with Gasteiger partial charge in [-0.15, -0.1) is 0 Å². The van der Waals surface area contributed by atoms with Gasteiger partial charge < -0.3 is 19.9 Å². The van der Waals surface area contributed by atoms with Crippen molar-refractivity contribution in [1.82, 2.24) is 5.32 Å². The lowest BCUT2D eigenvalue weighted by atomic mass is 10.2. The summed E-state index contributed by atoms with van der Waals surface area (Å²) in [5, 5.41) is 11.5. The van der Waals surface area contributed by atoms with Gasteiger partial charge in [-0.1, -0.05) is 43.2 Å². The monoisotopic (exact) mass is 321 g/mol. The van der Waals surface area contributed by atoms with Gasteiger partial charge >= 0.3 is 12.1 Å². The maximum absolute atomic E-state index is 11.7. The Balaban J connectivity index is 1.69. The van der Waals surface area contributed by atoms with Crippen molar-refractivity contribution in [3.63, 3.8) is 0 Å². The Morgan fingerprint density at radius 3 is 2.57 bits per heavy atom. The van der Waals surface area contributed by atoms with Crippen molar-refractivity contribution in [3.05, 3.63) is 35.9 Å². The van der Waals surface area contributed by atoms with E-state index < -0.39 is 18.1 Å². The van der Waals surface area contributed by atoms with Crippen LogP contribution in [0.3, 0.4) is 0 Å². The quantitative estimate of drug-likeness (QED) is 0.769. The molecule has 1 aromatic rings. The van der Waals surface area contributed by atoms with Crippen LogP contribution in [-0.2, 0) is 20.9 Å². The minimum absolute atomic E-state index is 0.109. The molecule has 1 fully saturated rings. The van der Waals surface area contributed by atoms with E-state index in [1.54, 1.807) is 0 Å². The molecular formula is C17H23NO5. The van der Waals surface area contributed by atoms with Gasteiger partial charge in [0.15, 0.2) is 0 Å². The molecule has 2 rings (SSSR count). The van der Waals surface area contributed by atoms with Crippen LogP contribution in [0.5, 0.6) is 0 Å². The zero-order chi connectivity index (χ0) is 16.5. The molecule has 1 aliphatic carbocycles. The van der Waals surface area contributed by atoms with Gasteiger partial charge in [0.1, 0.15) is 12.6 Å². The summed E-state index contributed by atoms with van der Waals surface area (Å²) >= 11 is 0. The van der Waals surface area contributed by atoms with Crippen molar-refractivity contribution in [2.45, 2.75) is 50.9 Å². The Kier molecular flexibility index (Phi) is 6.87. The van der Waals surface area contributed by atoms with E-state index >= 15 is 0 Å². The van der Waals surface area contributed by atoms with Gasteiger partial charge in [-0.05, 0) is 18.4 Å². The molecule has 1 atom stereocenters. The summed E-state index contributed by atoms with van der Waals surface area (Å²) in [6.07, 6.45) is 4.12. The molecule has 126 valence electrons. The smallest absolute Gasteiger partial charge is 0.408 e. The summed E-state index contributed by atoms with van der Waals surface area (Å²) in [5.41, 5.74) is 0.846. The Morgan fingerprint density at radius 2 is 1.91 bits per heavy atom. The summed E-state index contributed by atoms with van der Waals surface area (Å²) in [5.74, 6) is -1.09. The Labute approximate surface area is 135 Å². The summed E-state index contributed by atoms with van der Waals surface area (Å²) < 4.78 is 10.7. The fourth-order valence-electron chi connectivity index (χ4n) is 2.57. The number of amides is 1. The minimum atomic E-state index is -1.09. The third kappa shape index (κ3) is 6.28. The van der Waals surface area contributed by atoms with Crippen molar-refractivity contribution in [3.8, 4) is 0 Å². The number of carbonyl (C=O) groups is 2. The first-order chi connectivity index (χ1) is 11.1. The normalized spacial score (nSPS) is 16.0. The maximum atomic E-state index is 11.7. The highest BCUT2D eigenvalue weighted by atomic mass is 16.5. The van der Waals surface area contributed by atoms with Crippen LogP contribution >= 0.6 is 0 Å². The predicted molar refractivity (Wildman–Crippen MR) is 84.0 cm³/mol. The number of hydrogen-bond donors (Lipinski definition) is 2. The predicted octanol–water partition coefficient (Wildman–Crippen LogP) is 2.72. The van der Waals surface area contributed by atoms with Crippen LogP contribution in [0.1, 0.15) is 37.7 Å². The third-order valence-electron chi connectivity index (χ3n) is 3.87. The third-order valence-corrected chi connectivity index (χ3v) is 3.87. The fourth-order valence-corrected chi connectivity index (χ4v) is 2.57. The van der Waals surface area contributed by atoms with Gasteiger partial charge in [0.05, 0.1) is 6.10 Å². The molecule has 0 radical (unpaired) electrons. The highest BCUT2D eigenvalue weighted by molar-refractivity contribution is 5.79. The zero-order valence-electron chi connectivity index (χ0n) is 13.1. The van der Waals surface area contributed by atoms with Gasteiger partial charge in [-0.2, -0.15) is 0 Å². The molecule has 0 spiro atoms. The number of benzene rings is 1. The Bertz CT molecular complexity index is 499. The van der Waals surface area contributed by atoms with Crippen molar-refractivity contribution in [1.29, 1.82) is 0 Å². The Morgan fingerprint density at radius 1 is 1.22 bits per heavy atom. The van der Waals surface area contributed by atoms with E-state index in [1.165, 1.54) is 0 Å². The van der Waals surface area contributed by atoms with Crippen LogP contribution in [0.25, 0.3) is 0 Å². The van der Waals surface area contributed by atoms with Gasteiger partial charge in [0.25, 0.3) is 0 Å². The summed E-state index contributed by atoms with van der Waals surface area (Å²) in [6.45, 7) is 0.429. The standard InChI is InChI=1S/C17H23NO5/c19-16(20)15(10-11-22-14-8-4-5-9-14)18-17(21)23-12-13-6-2-1-3-7-13/h1-3,6-7,14-15H,4-5,8-12H2,(H,18,21)(H,19,20). The molecule has 6 nitrogen and oxygen atoms in total. The van der Waals surface area contributed by atoms with E-state index in [0.717, 1.165) is 31.2 Å². The lowest BCUT2D eigenvalue weighted by Crippen LogP contribution is -2.41. The average molecular weight is 321 g/mol. The van der Waals surface area contributed by atoms with Gasteiger partial charge in [0.2, 0.25) is 0 Å². The number of carboxylic acids is 1. The second-order valence-electron chi connectivity index (χ2n) is 5.66. The number of ether oxygens (including phenoxy) is 2. The summed E-state index contributed by atoms with van der Waals surface area (Å²) in [7, 11) is 0. The molecular weight excluding hydrogens is 298 g/mol. The van der Waals surface area contributed by atoms with Crippen LogP contribution in [-0.4, -0.2) is 35.9 Å². The number of aliphatic carboxylic acids is 1. The van der Waals surface area contributed by atoms with Crippen molar-refractivity contribution in [2.24, 2.45) is 0 Å². The van der Waals surface area contributed by atoms with E-state index in [-0.39, 0.29) is 19.1 Å². The van der Waals surface area contributed by atoms with Crippen molar-refractivity contribution < 1.29 is 24.2 Å². The number of nitrogens with one attached hydrogen (secondary N) is 1. The first kappa shape index (κ1) is 17.3. The summed E-state index contributed by atoms with van der Waals surface area (Å²) in [6, 6.07) is 8.22. The van der Waals surface area contributed by atoms with Crippen LogP contribution in [0.4, 0.5) is 4.79 Å². The van der Waals surface area contributed by atoms with E-state index in [0.29, 0.717) is 6.61 Å². The number of rotatable bonds is 8. The highest BCUT2D eigenvalue weighted by Crippen LogP contribution is 2.21. The zero-order valence-corrected chi connectivity index (χ0v) is 13.1. The molecule has 0 aromatic heterocycles. The summed E-state index contributed by atoms with van der Waals surface area (Å²) in [4.78, 5) is 22.9. The fraction of sp³-hybridized carbons (Fsp3) is 0.529. The number of alkyl carbamates (subject to hydrolysis) is 1. The number of hydrogen-bond acceptors (Lipinski definition) is 4. The van der Waals surface area contributed by atoms with Gasteiger partial charge in [-0.25, -0.2) is 9.59 Å². The molecule has 2 N–H and O–H groups in total. The largest absolute Gasteiger partial charge is 0.480 e. The van der Waals surface area contributed by atoms with Crippen LogP contribution in [0, 0.1) is 0 Å². The molecule has 0 heterocycles. The van der Waals surface area contributed by atoms with E-state index in [9.17, 15) is 14.7 Å². The first-order valence-corrected chi connectivity index (χ1v) is 7.97. The van der Waals surface area contributed by atoms with E-state index in [2.05, 4.69) is 5.32 Å². The molecule has 6 heteroatoms.